The van der Waals surface area contributed by atoms with Crippen LogP contribution < -0.4 is 11.1 Å². The minimum Gasteiger partial charge on any atom is -0.352 e. The zero-order valence-corrected chi connectivity index (χ0v) is 13.9. The lowest BCUT2D eigenvalue weighted by Crippen LogP contribution is -2.55. The summed E-state index contributed by atoms with van der Waals surface area (Å²) in [6.45, 7) is 2.04. The Labute approximate surface area is 139 Å². The van der Waals surface area contributed by atoms with Gasteiger partial charge in [-0.25, -0.2) is 17.6 Å². The fourth-order valence-electron chi connectivity index (χ4n) is 2.47. The first-order valence-electron chi connectivity index (χ1n) is 7.32. The zero-order valence-electron chi connectivity index (χ0n) is 13.1. The summed E-state index contributed by atoms with van der Waals surface area (Å²) in [6, 6.07) is 3.21. The molecule has 0 spiro atoms. The van der Waals surface area contributed by atoms with Crippen molar-refractivity contribution in [2.45, 2.75) is 17.9 Å². The number of halogens is 1. The summed E-state index contributed by atoms with van der Waals surface area (Å²) < 4.78 is 39.4. The van der Waals surface area contributed by atoms with Crippen LogP contribution in [0.2, 0.25) is 0 Å². The topological polar surface area (TPSA) is 113 Å². The van der Waals surface area contributed by atoms with Crippen molar-refractivity contribution >= 4 is 22.0 Å². The van der Waals surface area contributed by atoms with Crippen LogP contribution in [0, 0.1) is 5.82 Å². The number of hydrogen-bond donors (Lipinski definition) is 2. The van der Waals surface area contributed by atoms with Gasteiger partial charge in [0, 0.05) is 26.2 Å². The number of nitrogens with two attached hydrogens (primary N) is 1. The molecule has 1 atom stereocenters. The van der Waals surface area contributed by atoms with E-state index in [1.54, 1.807) is 0 Å². The Morgan fingerprint density at radius 1 is 1.25 bits per heavy atom. The molecule has 0 bridgehead atoms. The maximum atomic E-state index is 13.2. The Hall–Kier alpha value is -2.20. The fraction of sp³-hybridized carbons (Fsp3) is 0.429. The Morgan fingerprint density at radius 3 is 2.42 bits per heavy atom. The Bertz CT molecular complexity index is 732. The molecule has 24 heavy (non-hydrogen) atoms. The number of carbonyl (C=O) groups is 2. The summed E-state index contributed by atoms with van der Waals surface area (Å²) in [6.07, 6.45) is 0. The predicted molar refractivity (Wildman–Crippen MR) is 83.9 cm³/mol. The van der Waals surface area contributed by atoms with Gasteiger partial charge in [0.2, 0.25) is 15.9 Å². The van der Waals surface area contributed by atoms with Gasteiger partial charge in [0.1, 0.15) is 11.9 Å². The summed E-state index contributed by atoms with van der Waals surface area (Å²) >= 11 is 0. The van der Waals surface area contributed by atoms with Crippen LogP contribution in [0.3, 0.4) is 0 Å². The summed E-state index contributed by atoms with van der Waals surface area (Å²) in [7, 11) is -3.81. The molecule has 0 radical (unpaired) electrons. The second-order valence-corrected chi connectivity index (χ2v) is 7.35. The smallest absolute Gasteiger partial charge is 0.312 e. The van der Waals surface area contributed by atoms with Crippen LogP contribution in [0.4, 0.5) is 9.18 Å². The average Bonchev–Trinajstić information content (AvgIpc) is 2.53. The Morgan fingerprint density at radius 2 is 1.88 bits per heavy atom. The average molecular weight is 358 g/mol. The van der Waals surface area contributed by atoms with Crippen LogP contribution >= 0.6 is 0 Å². The van der Waals surface area contributed by atoms with Gasteiger partial charge in [-0.3, -0.25) is 4.79 Å². The molecule has 1 aromatic carbocycles. The van der Waals surface area contributed by atoms with Crippen molar-refractivity contribution in [2.75, 3.05) is 26.2 Å². The molecule has 1 saturated heterocycles. The van der Waals surface area contributed by atoms with E-state index in [0.717, 1.165) is 6.07 Å². The molecular weight excluding hydrogens is 339 g/mol. The van der Waals surface area contributed by atoms with Gasteiger partial charge in [0.25, 0.3) is 0 Å². The first kappa shape index (κ1) is 18.1. The monoisotopic (exact) mass is 358 g/mol. The number of nitrogens with one attached hydrogen (secondary N) is 1. The van der Waals surface area contributed by atoms with Crippen molar-refractivity contribution in [1.29, 1.82) is 0 Å². The number of carbonyl (C=O) groups excluding carboxylic acids is 2. The Kier molecular flexibility index (Phi) is 5.40. The van der Waals surface area contributed by atoms with Crippen molar-refractivity contribution in [3.63, 3.8) is 0 Å². The van der Waals surface area contributed by atoms with Gasteiger partial charge in [-0.15, -0.1) is 0 Å². The number of primary amides is 1. The third-order valence-corrected chi connectivity index (χ3v) is 5.61. The van der Waals surface area contributed by atoms with Gasteiger partial charge >= 0.3 is 6.03 Å². The van der Waals surface area contributed by atoms with E-state index < -0.39 is 27.9 Å². The summed E-state index contributed by atoms with van der Waals surface area (Å²) in [5.41, 5.74) is 4.98. The van der Waals surface area contributed by atoms with Gasteiger partial charge in [-0.05, 0) is 25.1 Å². The third kappa shape index (κ3) is 4.01. The van der Waals surface area contributed by atoms with Crippen LogP contribution in [0.1, 0.15) is 6.92 Å². The molecule has 1 aromatic rings. The molecule has 10 heteroatoms. The highest BCUT2D eigenvalue weighted by molar-refractivity contribution is 7.89. The van der Waals surface area contributed by atoms with E-state index in [1.807, 2.05) is 0 Å². The molecule has 132 valence electrons. The fourth-order valence-corrected chi connectivity index (χ4v) is 3.93. The van der Waals surface area contributed by atoms with Crippen molar-refractivity contribution in [3.8, 4) is 0 Å². The number of piperazine rings is 1. The standard InChI is InChI=1S/C14H19FN4O4S/c1-10(17-14(16)21)13(20)18-5-7-19(8-6-18)24(22,23)12-4-2-3-11(15)9-12/h2-4,9-10H,5-8H2,1H3,(H3,16,17,21). The lowest BCUT2D eigenvalue weighted by Gasteiger charge is -2.35. The van der Waals surface area contributed by atoms with Crippen molar-refractivity contribution < 1.29 is 22.4 Å². The van der Waals surface area contributed by atoms with E-state index in [-0.39, 0.29) is 37.0 Å². The van der Waals surface area contributed by atoms with Crippen molar-refractivity contribution in [1.82, 2.24) is 14.5 Å². The maximum Gasteiger partial charge on any atom is 0.312 e. The highest BCUT2D eigenvalue weighted by Gasteiger charge is 2.31. The largest absolute Gasteiger partial charge is 0.352 e. The molecular formula is C14H19FN4O4S. The maximum absolute atomic E-state index is 13.2. The third-order valence-electron chi connectivity index (χ3n) is 3.71. The molecule has 1 heterocycles. The number of sulfonamides is 1. The minimum atomic E-state index is -3.81. The van der Waals surface area contributed by atoms with Gasteiger partial charge in [0.05, 0.1) is 4.90 Å². The molecule has 0 aromatic heterocycles. The highest BCUT2D eigenvalue weighted by atomic mass is 32.2. The molecule has 1 aliphatic heterocycles. The molecule has 1 aliphatic rings. The number of urea groups is 1. The van der Waals surface area contributed by atoms with Gasteiger partial charge in [0.15, 0.2) is 0 Å². The Balaban J connectivity index is 2.02. The summed E-state index contributed by atoms with van der Waals surface area (Å²) in [5.74, 6) is -0.965. The first-order valence-corrected chi connectivity index (χ1v) is 8.76. The van der Waals surface area contributed by atoms with Crippen molar-refractivity contribution in [2.24, 2.45) is 5.73 Å². The predicted octanol–water partition coefficient (Wildman–Crippen LogP) is -0.285. The molecule has 3 N–H and O–H groups in total. The van der Waals surface area contributed by atoms with E-state index in [1.165, 1.54) is 34.3 Å². The molecule has 0 saturated carbocycles. The highest BCUT2D eigenvalue weighted by Crippen LogP contribution is 2.18. The lowest BCUT2D eigenvalue weighted by molar-refractivity contribution is -0.133. The van der Waals surface area contributed by atoms with Crippen molar-refractivity contribution in [3.05, 3.63) is 30.1 Å². The van der Waals surface area contributed by atoms with Gasteiger partial charge in [-0.1, -0.05) is 6.07 Å². The number of hydrogen-bond acceptors (Lipinski definition) is 4. The summed E-state index contributed by atoms with van der Waals surface area (Å²) in [5, 5.41) is 2.29. The quantitative estimate of drug-likeness (QED) is 0.770. The number of amides is 3. The normalized spacial score (nSPS) is 17.3. The number of benzene rings is 1. The molecule has 1 fully saturated rings. The van der Waals surface area contributed by atoms with E-state index in [0.29, 0.717) is 0 Å². The molecule has 2 rings (SSSR count). The SMILES string of the molecule is CC(NC(N)=O)C(=O)N1CCN(S(=O)(=O)c2cccc(F)c2)CC1. The van der Waals surface area contributed by atoms with Gasteiger partial charge < -0.3 is 16.0 Å². The minimum absolute atomic E-state index is 0.0911. The van der Waals surface area contributed by atoms with Crippen LogP contribution in [-0.2, 0) is 14.8 Å². The molecule has 1 unspecified atom stereocenters. The van der Waals surface area contributed by atoms with Gasteiger partial charge in [-0.2, -0.15) is 4.31 Å². The number of rotatable bonds is 4. The number of nitrogens with zero attached hydrogens (tertiary/aromatic N) is 2. The lowest BCUT2D eigenvalue weighted by atomic mass is 10.2. The van der Waals surface area contributed by atoms with E-state index in [4.69, 9.17) is 5.73 Å². The zero-order chi connectivity index (χ0) is 17.9. The van der Waals surface area contributed by atoms with Crippen LogP contribution in [0.25, 0.3) is 0 Å². The second kappa shape index (κ2) is 7.14. The summed E-state index contributed by atoms with van der Waals surface area (Å²) in [4.78, 5) is 24.3. The van der Waals surface area contributed by atoms with E-state index >= 15 is 0 Å². The first-order chi connectivity index (χ1) is 11.2. The van der Waals surface area contributed by atoms with E-state index in [2.05, 4.69) is 5.32 Å². The van der Waals surface area contributed by atoms with Crippen LogP contribution in [-0.4, -0.2) is 61.8 Å². The van der Waals surface area contributed by atoms with Crippen LogP contribution in [0.5, 0.6) is 0 Å². The van der Waals surface area contributed by atoms with Crippen LogP contribution in [0.15, 0.2) is 29.2 Å². The second-order valence-electron chi connectivity index (χ2n) is 5.42. The molecule has 0 aliphatic carbocycles. The van der Waals surface area contributed by atoms with E-state index in [9.17, 15) is 22.4 Å². The molecule has 3 amide bonds. The molecule has 8 nitrogen and oxygen atoms in total.